The van der Waals surface area contributed by atoms with Gasteiger partial charge in [-0.2, -0.15) is 0 Å². The number of nitrogens with one attached hydrogen (secondary N) is 1. The van der Waals surface area contributed by atoms with Gasteiger partial charge in [-0.25, -0.2) is 4.79 Å². The van der Waals surface area contributed by atoms with Crippen molar-refractivity contribution in [2.45, 2.75) is 13.8 Å². The van der Waals surface area contributed by atoms with Gasteiger partial charge in [-0.3, -0.25) is 9.59 Å². The Kier molecular flexibility index (Phi) is 3.82. The monoisotopic (exact) mass is 225 g/mol. The maximum Gasteiger partial charge on any atom is 0.360 e. The molecule has 1 aliphatic rings. The lowest BCUT2D eigenvalue weighted by Gasteiger charge is -1.98. The maximum atomic E-state index is 11.2. The van der Waals surface area contributed by atoms with Crippen molar-refractivity contribution in [1.82, 2.24) is 5.32 Å². The number of hydrogen-bond acceptors (Lipinski definition) is 5. The van der Waals surface area contributed by atoms with Gasteiger partial charge >= 0.3 is 11.9 Å². The van der Waals surface area contributed by atoms with Crippen LogP contribution in [0, 0.1) is 0 Å². The molecule has 0 aliphatic carbocycles. The standard InChI is InChI=1S/C10H11NO5/c1-6(12)11-9-5-8(16-10(9)14)3-4-15-7(2)13/h3,5H,4H2,1-2H3,(H,11,12)/b8-3-. The first-order valence-corrected chi connectivity index (χ1v) is 4.54. The molecule has 0 fully saturated rings. The predicted molar refractivity (Wildman–Crippen MR) is 52.7 cm³/mol. The molecule has 1 heterocycles. The highest BCUT2D eigenvalue weighted by Crippen LogP contribution is 2.14. The molecule has 1 rings (SSSR count). The van der Waals surface area contributed by atoms with Crippen LogP contribution in [-0.2, 0) is 23.9 Å². The fourth-order valence-corrected chi connectivity index (χ4v) is 1.01. The highest BCUT2D eigenvalue weighted by atomic mass is 16.5. The van der Waals surface area contributed by atoms with Crippen LogP contribution in [-0.4, -0.2) is 24.5 Å². The van der Waals surface area contributed by atoms with Gasteiger partial charge in [0.05, 0.1) is 0 Å². The molecule has 0 unspecified atom stereocenters. The number of cyclic esters (lactones) is 1. The summed E-state index contributed by atoms with van der Waals surface area (Å²) in [5, 5.41) is 2.32. The van der Waals surface area contributed by atoms with Crippen molar-refractivity contribution in [3.63, 3.8) is 0 Å². The van der Waals surface area contributed by atoms with E-state index in [1.165, 1.54) is 26.0 Å². The topological polar surface area (TPSA) is 81.7 Å². The van der Waals surface area contributed by atoms with E-state index in [-0.39, 0.29) is 24.0 Å². The molecule has 0 aromatic carbocycles. The number of allylic oxidation sites excluding steroid dienone is 1. The molecule has 6 heteroatoms. The Bertz CT molecular complexity index is 394. The molecule has 86 valence electrons. The summed E-state index contributed by atoms with van der Waals surface area (Å²) >= 11 is 0. The van der Waals surface area contributed by atoms with E-state index in [9.17, 15) is 14.4 Å². The molecule has 1 aliphatic heterocycles. The van der Waals surface area contributed by atoms with Crippen molar-refractivity contribution in [2.75, 3.05) is 6.61 Å². The molecular formula is C10H11NO5. The highest BCUT2D eigenvalue weighted by molar-refractivity contribution is 5.96. The van der Waals surface area contributed by atoms with E-state index in [1.807, 2.05) is 0 Å². The molecule has 1 N–H and O–H groups in total. The normalized spacial score (nSPS) is 16.8. The second kappa shape index (κ2) is 5.11. The fourth-order valence-electron chi connectivity index (χ4n) is 1.01. The second-order valence-corrected chi connectivity index (χ2v) is 3.04. The van der Waals surface area contributed by atoms with Gasteiger partial charge in [0, 0.05) is 19.9 Å². The molecule has 0 saturated carbocycles. The van der Waals surface area contributed by atoms with Gasteiger partial charge in [-0.05, 0) is 6.08 Å². The fraction of sp³-hybridized carbons (Fsp3) is 0.300. The van der Waals surface area contributed by atoms with Gasteiger partial charge in [0.2, 0.25) is 5.91 Å². The quantitative estimate of drug-likeness (QED) is 0.684. The third-order valence-corrected chi connectivity index (χ3v) is 1.60. The van der Waals surface area contributed by atoms with E-state index < -0.39 is 11.9 Å². The van der Waals surface area contributed by atoms with Crippen LogP contribution in [0.2, 0.25) is 0 Å². The van der Waals surface area contributed by atoms with Crippen molar-refractivity contribution in [3.05, 3.63) is 23.6 Å². The minimum atomic E-state index is -0.635. The molecule has 0 bridgehead atoms. The van der Waals surface area contributed by atoms with Crippen molar-refractivity contribution in [1.29, 1.82) is 0 Å². The lowest BCUT2D eigenvalue weighted by atomic mass is 10.4. The van der Waals surface area contributed by atoms with Gasteiger partial charge < -0.3 is 14.8 Å². The molecule has 0 aromatic heterocycles. The first-order chi connectivity index (χ1) is 7.49. The van der Waals surface area contributed by atoms with Crippen molar-refractivity contribution in [2.24, 2.45) is 0 Å². The van der Waals surface area contributed by atoms with E-state index in [4.69, 9.17) is 4.74 Å². The lowest BCUT2D eigenvalue weighted by Crippen LogP contribution is -2.22. The summed E-state index contributed by atoms with van der Waals surface area (Å²) in [7, 11) is 0. The summed E-state index contributed by atoms with van der Waals surface area (Å²) in [6, 6.07) is 0. The zero-order valence-corrected chi connectivity index (χ0v) is 8.90. The van der Waals surface area contributed by atoms with Crippen molar-refractivity contribution < 1.29 is 23.9 Å². The lowest BCUT2D eigenvalue weighted by molar-refractivity contribution is -0.139. The highest BCUT2D eigenvalue weighted by Gasteiger charge is 2.21. The Hall–Kier alpha value is -2.11. The van der Waals surface area contributed by atoms with Crippen LogP contribution in [0.15, 0.2) is 23.6 Å². The molecule has 0 radical (unpaired) electrons. The minimum absolute atomic E-state index is 0.0157. The van der Waals surface area contributed by atoms with E-state index in [0.717, 1.165) is 0 Å². The SMILES string of the molecule is CC(=O)NC1=C/C(=C/COC(C)=O)OC1=O. The number of carbonyl (C=O) groups excluding carboxylic acids is 3. The van der Waals surface area contributed by atoms with E-state index in [0.29, 0.717) is 0 Å². The summed E-state index contributed by atoms with van der Waals surface area (Å²) in [6.07, 6.45) is 2.79. The molecule has 0 spiro atoms. The Morgan fingerprint density at radius 1 is 1.50 bits per heavy atom. The molecule has 16 heavy (non-hydrogen) atoms. The number of rotatable bonds is 3. The number of esters is 2. The van der Waals surface area contributed by atoms with Crippen LogP contribution in [0.1, 0.15) is 13.8 Å². The smallest absolute Gasteiger partial charge is 0.360 e. The predicted octanol–water partition coefficient (Wildman–Crippen LogP) is 0.0102. The molecule has 1 amide bonds. The summed E-state index contributed by atoms with van der Waals surface area (Å²) in [4.78, 5) is 32.3. The second-order valence-electron chi connectivity index (χ2n) is 3.04. The largest absolute Gasteiger partial charge is 0.461 e. The minimum Gasteiger partial charge on any atom is -0.461 e. The zero-order chi connectivity index (χ0) is 12.1. The van der Waals surface area contributed by atoms with E-state index >= 15 is 0 Å². The summed E-state index contributed by atoms with van der Waals surface area (Å²) in [5.41, 5.74) is 0.0709. The summed E-state index contributed by atoms with van der Waals surface area (Å²) in [5.74, 6) is -1.17. The Labute approximate surface area is 91.9 Å². The van der Waals surface area contributed by atoms with Gasteiger partial charge in [0.1, 0.15) is 18.1 Å². The third-order valence-electron chi connectivity index (χ3n) is 1.60. The van der Waals surface area contributed by atoms with Gasteiger partial charge in [-0.1, -0.05) is 0 Å². The maximum absolute atomic E-state index is 11.2. The van der Waals surface area contributed by atoms with Gasteiger partial charge in [-0.15, -0.1) is 0 Å². The van der Waals surface area contributed by atoms with Gasteiger partial charge in [0.15, 0.2) is 0 Å². The Balaban J connectivity index is 2.59. The molecular weight excluding hydrogens is 214 g/mol. The van der Waals surface area contributed by atoms with Crippen LogP contribution in [0.4, 0.5) is 0 Å². The van der Waals surface area contributed by atoms with Crippen LogP contribution < -0.4 is 5.32 Å². The molecule has 0 atom stereocenters. The van der Waals surface area contributed by atoms with Crippen LogP contribution in [0.3, 0.4) is 0 Å². The zero-order valence-electron chi connectivity index (χ0n) is 8.90. The molecule has 0 aromatic rings. The van der Waals surface area contributed by atoms with Crippen LogP contribution in [0.5, 0.6) is 0 Å². The van der Waals surface area contributed by atoms with Crippen molar-refractivity contribution >= 4 is 17.8 Å². The average Bonchev–Trinajstić information content (AvgIpc) is 2.45. The Morgan fingerprint density at radius 3 is 2.75 bits per heavy atom. The van der Waals surface area contributed by atoms with Gasteiger partial charge in [0.25, 0.3) is 0 Å². The number of amides is 1. The third kappa shape index (κ3) is 3.56. The van der Waals surface area contributed by atoms with Crippen LogP contribution >= 0.6 is 0 Å². The molecule has 6 nitrogen and oxygen atoms in total. The average molecular weight is 225 g/mol. The molecule has 0 saturated heterocycles. The summed E-state index contributed by atoms with van der Waals surface area (Å²) in [6.45, 7) is 2.58. The summed E-state index contributed by atoms with van der Waals surface area (Å²) < 4.78 is 9.41. The van der Waals surface area contributed by atoms with Crippen LogP contribution in [0.25, 0.3) is 0 Å². The number of carbonyl (C=O) groups is 3. The first kappa shape index (κ1) is 12.0. The van der Waals surface area contributed by atoms with Crippen molar-refractivity contribution in [3.8, 4) is 0 Å². The van der Waals surface area contributed by atoms with E-state index in [2.05, 4.69) is 10.1 Å². The van der Waals surface area contributed by atoms with E-state index in [1.54, 1.807) is 0 Å². The number of ether oxygens (including phenoxy) is 2. The Morgan fingerprint density at radius 2 is 2.19 bits per heavy atom. The first-order valence-electron chi connectivity index (χ1n) is 4.54. The number of hydrogen-bond donors (Lipinski definition) is 1.